The van der Waals surface area contributed by atoms with Crippen LogP contribution in [-0.4, -0.2) is 22.7 Å². The SMILES string of the molecule is CCOP(=S)(OC(C)C)Sc1nc(C)cc(C)n1. The first kappa shape index (κ1) is 16.1. The Hall–Kier alpha value is -0.000000000000000167. The van der Waals surface area contributed by atoms with Crippen LogP contribution in [0.3, 0.4) is 0 Å². The van der Waals surface area contributed by atoms with Gasteiger partial charge in [0, 0.05) is 22.8 Å². The minimum absolute atomic E-state index is 0.0285. The number of hydrogen-bond acceptors (Lipinski definition) is 6. The normalized spacial score (nSPS) is 14.8. The van der Waals surface area contributed by atoms with Gasteiger partial charge in [0.1, 0.15) is 0 Å². The van der Waals surface area contributed by atoms with Gasteiger partial charge in [0.05, 0.1) is 12.7 Å². The van der Waals surface area contributed by atoms with Crippen LogP contribution >= 0.6 is 17.1 Å². The van der Waals surface area contributed by atoms with Gasteiger partial charge < -0.3 is 9.05 Å². The molecule has 0 aliphatic rings. The summed E-state index contributed by atoms with van der Waals surface area (Å²) in [5.74, 6) is 0. The van der Waals surface area contributed by atoms with Gasteiger partial charge in [0.2, 0.25) is 0 Å². The third kappa shape index (κ3) is 5.33. The van der Waals surface area contributed by atoms with Crippen molar-refractivity contribution in [2.45, 2.75) is 45.9 Å². The number of aryl methyl sites for hydroxylation is 2. The van der Waals surface area contributed by atoms with Crippen LogP contribution in [0.4, 0.5) is 0 Å². The highest BCUT2D eigenvalue weighted by Gasteiger charge is 2.24. The Morgan fingerprint density at radius 2 is 1.89 bits per heavy atom. The molecule has 7 heteroatoms. The fourth-order valence-electron chi connectivity index (χ4n) is 1.33. The molecule has 0 saturated carbocycles. The maximum atomic E-state index is 5.75. The maximum Gasteiger partial charge on any atom is 0.255 e. The molecule has 0 radical (unpaired) electrons. The largest absolute Gasteiger partial charge is 0.322 e. The molecule has 0 aliphatic carbocycles. The molecule has 18 heavy (non-hydrogen) atoms. The zero-order chi connectivity index (χ0) is 13.8. The molecule has 4 nitrogen and oxygen atoms in total. The summed E-state index contributed by atoms with van der Waals surface area (Å²) in [7, 11) is 0. The number of aromatic nitrogens is 2. The lowest BCUT2D eigenvalue weighted by molar-refractivity contribution is 0.220. The van der Waals surface area contributed by atoms with Gasteiger partial charge in [0.25, 0.3) is 5.69 Å². The molecule has 0 spiro atoms. The van der Waals surface area contributed by atoms with Crippen LogP contribution in [0.1, 0.15) is 32.2 Å². The minimum Gasteiger partial charge on any atom is -0.322 e. The first-order valence-electron chi connectivity index (χ1n) is 5.79. The van der Waals surface area contributed by atoms with Crippen LogP contribution in [0.25, 0.3) is 0 Å². The highest BCUT2D eigenvalue weighted by atomic mass is 32.9. The highest BCUT2D eigenvalue weighted by molar-refractivity contribution is 8.67. The van der Waals surface area contributed by atoms with Crippen molar-refractivity contribution in [3.63, 3.8) is 0 Å². The van der Waals surface area contributed by atoms with Gasteiger partial charge >= 0.3 is 0 Å². The van der Waals surface area contributed by atoms with Gasteiger partial charge in [-0.25, -0.2) is 9.97 Å². The van der Waals surface area contributed by atoms with Crippen molar-refractivity contribution in [2.24, 2.45) is 0 Å². The monoisotopic (exact) mass is 306 g/mol. The zero-order valence-corrected chi connectivity index (χ0v) is 13.9. The van der Waals surface area contributed by atoms with Crippen LogP contribution in [0.15, 0.2) is 11.2 Å². The Morgan fingerprint density at radius 3 is 2.33 bits per heavy atom. The summed E-state index contributed by atoms with van der Waals surface area (Å²) in [6.07, 6.45) is 0.0285. The van der Waals surface area contributed by atoms with Gasteiger partial charge in [-0.3, -0.25) is 0 Å². The topological polar surface area (TPSA) is 44.2 Å². The summed E-state index contributed by atoms with van der Waals surface area (Å²) in [6.45, 7) is 10.2. The molecule has 0 amide bonds. The Kier molecular flexibility index (Phi) is 6.21. The van der Waals surface area contributed by atoms with Gasteiger partial charge in [-0.2, -0.15) is 0 Å². The summed E-state index contributed by atoms with van der Waals surface area (Å²) >= 11 is 6.83. The van der Waals surface area contributed by atoms with Crippen molar-refractivity contribution < 1.29 is 9.05 Å². The Labute approximate surface area is 118 Å². The van der Waals surface area contributed by atoms with E-state index in [1.54, 1.807) is 0 Å². The van der Waals surface area contributed by atoms with Crippen molar-refractivity contribution in [3.8, 4) is 0 Å². The summed E-state index contributed by atoms with van der Waals surface area (Å²) in [5, 5.41) is 0.630. The molecule has 0 bridgehead atoms. The average Bonchev–Trinajstić information content (AvgIpc) is 2.13. The lowest BCUT2D eigenvalue weighted by Gasteiger charge is -2.22. The van der Waals surface area contributed by atoms with Crippen molar-refractivity contribution in [1.29, 1.82) is 0 Å². The molecule has 0 fully saturated rings. The quantitative estimate of drug-likeness (QED) is 0.587. The van der Waals surface area contributed by atoms with Crippen molar-refractivity contribution in [3.05, 3.63) is 17.5 Å². The molecule has 0 saturated heterocycles. The standard InChI is InChI=1S/C11H19N2O2PS2/c1-6-14-16(17,15-8(2)3)18-11-12-9(4)7-10(5)13-11/h7-8H,6H2,1-5H3. The van der Waals surface area contributed by atoms with Gasteiger partial charge in [-0.15, -0.1) is 0 Å². The average molecular weight is 306 g/mol. The second kappa shape index (κ2) is 6.96. The molecule has 102 valence electrons. The molecule has 1 unspecified atom stereocenters. The molecule has 1 aromatic heterocycles. The third-order valence-electron chi connectivity index (χ3n) is 1.78. The first-order chi connectivity index (χ1) is 8.34. The zero-order valence-electron chi connectivity index (χ0n) is 11.3. The van der Waals surface area contributed by atoms with E-state index in [1.165, 1.54) is 11.4 Å². The van der Waals surface area contributed by atoms with Gasteiger partial charge in [-0.05, 0) is 52.5 Å². The first-order valence-corrected chi connectivity index (χ1v) is 9.85. The van der Waals surface area contributed by atoms with E-state index in [2.05, 4.69) is 9.97 Å². The van der Waals surface area contributed by atoms with Crippen LogP contribution in [0.2, 0.25) is 0 Å². The molecule has 0 aliphatic heterocycles. The van der Waals surface area contributed by atoms with E-state index in [1.807, 2.05) is 40.7 Å². The van der Waals surface area contributed by atoms with Crippen LogP contribution in [0, 0.1) is 13.8 Å². The minimum atomic E-state index is -2.41. The molecule has 1 atom stereocenters. The molecule has 0 aromatic carbocycles. The summed E-state index contributed by atoms with van der Waals surface area (Å²) in [6, 6.07) is 1.93. The Morgan fingerprint density at radius 1 is 1.33 bits per heavy atom. The van der Waals surface area contributed by atoms with E-state index in [-0.39, 0.29) is 6.10 Å². The van der Waals surface area contributed by atoms with E-state index >= 15 is 0 Å². The van der Waals surface area contributed by atoms with Gasteiger partial charge in [0.15, 0.2) is 5.16 Å². The van der Waals surface area contributed by atoms with E-state index in [0.29, 0.717) is 11.8 Å². The fraction of sp³-hybridized carbons (Fsp3) is 0.636. The molecule has 1 heterocycles. The predicted octanol–water partition coefficient (Wildman–Crippen LogP) is 3.87. The van der Waals surface area contributed by atoms with Crippen LogP contribution in [-0.2, 0) is 20.9 Å². The van der Waals surface area contributed by atoms with Crippen molar-refractivity contribution in [2.75, 3.05) is 6.61 Å². The van der Waals surface area contributed by atoms with Crippen LogP contribution in [0.5, 0.6) is 0 Å². The summed E-state index contributed by atoms with van der Waals surface area (Å²) < 4.78 is 11.4. The number of nitrogens with zero attached hydrogens (tertiary/aromatic N) is 2. The fourth-order valence-corrected chi connectivity index (χ4v) is 6.29. The lowest BCUT2D eigenvalue weighted by Crippen LogP contribution is -2.02. The van der Waals surface area contributed by atoms with Crippen molar-refractivity contribution in [1.82, 2.24) is 9.97 Å². The summed E-state index contributed by atoms with van der Waals surface area (Å²) in [5.41, 5.74) is -0.565. The van der Waals surface area contributed by atoms with E-state index in [0.717, 1.165) is 11.4 Å². The predicted molar refractivity (Wildman–Crippen MR) is 79.5 cm³/mol. The van der Waals surface area contributed by atoms with Crippen LogP contribution < -0.4 is 0 Å². The molecule has 1 rings (SSSR count). The van der Waals surface area contributed by atoms with E-state index < -0.39 is 5.69 Å². The molecule has 0 N–H and O–H groups in total. The van der Waals surface area contributed by atoms with Crippen molar-refractivity contribution >= 4 is 28.9 Å². The van der Waals surface area contributed by atoms with E-state index in [9.17, 15) is 0 Å². The second-order valence-corrected chi connectivity index (χ2v) is 10.1. The smallest absolute Gasteiger partial charge is 0.255 e. The number of hydrogen-bond donors (Lipinski definition) is 0. The number of rotatable bonds is 6. The van der Waals surface area contributed by atoms with E-state index in [4.69, 9.17) is 20.9 Å². The highest BCUT2D eigenvalue weighted by Crippen LogP contribution is 2.63. The molecule has 1 aromatic rings. The Bertz CT molecular complexity index is 434. The lowest BCUT2D eigenvalue weighted by atomic mass is 10.4. The molecular formula is C11H19N2O2PS2. The van der Waals surface area contributed by atoms with Gasteiger partial charge in [-0.1, -0.05) is 0 Å². The molecular weight excluding hydrogens is 287 g/mol. The third-order valence-corrected chi connectivity index (χ3v) is 6.59. The summed E-state index contributed by atoms with van der Waals surface area (Å²) in [4.78, 5) is 8.72. The maximum absolute atomic E-state index is 5.75. The second-order valence-electron chi connectivity index (χ2n) is 4.04. The Balaban J connectivity index is 2.92.